The van der Waals surface area contributed by atoms with Gasteiger partial charge in [-0.1, -0.05) is 18.9 Å². The van der Waals surface area contributed by atoms with Crippen LogP contribution in [-0.2, 0) is 25.5 Å². The highest BCUT2D eigenvalue weighted by Crippen LogP contribution is 2.33. The van der Waals surface area contributed by atoms with Crippen LogP contribution in [0.4, 0.5) is 5.82 Å². The Morgan fingerprint density at radius 1 is 1.31 bits per heavy atom. The van der Waals surface area contributed by atoms with E-state index in [1.807, 2.05) is 12.1 Å². The molecule has 1 saturated heterocycles. The molecule has 1 aliphatic heterocycles. The fourth-order valence-corrected chi connectivity index (χ4v) is 3.44. The second kappa shape index (κ2) is 10.0. The number of carbonyl (C=O) groups is 2. The Kier molecular flexibility index (Phi) is 7.44. The van der Waals surface area contributed by atoms with Gasteiger partial charge in [0.05, 0.1) is 13.2 Å². The topological polar surface area (TPSA) is 84.0 Å². The number of nitrogens with one attached hydrogen (secondary N) is 1. The van der Waals surface area contributed by atoms with Crippen LogP contribution in [0, 0.1) is 5.92 Å². The number of rotatable bonds is 9. The van der Waals surface area contributed by atoms with Crippen molar-refractivity contribution < 1.29 is 19.1 Å². The molecule has 8 nitrogen and oxygen atoms in total. The highest BCUT2D eigenvalue weighted by Gasteiger charge is 2.32. The Labute approximate surface area is 172 Å². The van der Waals surface area contributed by atoms with Gasteiger partial charge in [0.25, 0.3) is 5.91 Å². The average Bonchev–Trinajstić information content (AvgIpc) is 3.56. The summed E-state index contributed by atoms with van der Waals surface area (Å²) in [6.45, 7) is 3.04. The van der Waals surface area contributed by atoms with Gasteiger partial charge in [-0.2, -0.15) is 0 Å². The standard InChI is InChI=1S/C21H32N4O4/c1-22-17(12-15-4-5-15)21(27)29-18(20(26)24(2)3)13-16-6-7-19(23-14-16)25-8-10-28-11-9-25/h6-7,14-15,17-18,22H,4-5,8-13H2,1-3H3/t17-,18+/m0/s1. The quantitative estimate of drug-likeness (QED) is 0.611. The summed E-state index contributed by atoms with van der Waals surface area (Å²) in [6, 6.07) is 3.52. The zero-order chi connectivity index (χ0) is 20.8. The molecule has 29 heavy (non-hydrogen) atoms. The lowest BCUT2D eigenvalue weighted by atomic mass is 10.1. The molecule has 3 rings (SSSR count). The van der Waals surface area contributed by atoms with Gasteiger partial charge >= 0.3 is 5.97 Å². The van der Waals surface area contributed by atoms with Crippen LogP contribution in [-0.4, -0.2) is 81.4 Å². The molecule has 0 unspecified atom stereocenters. The second-order valence-electron chi connectivity index (χ2n) is 8.01. The lowest BCUT2D eigenvalue weighted by Gasteiger charge is -2.28. The normalized spacial score (nSPS) is 18.8. The van der Waals surface area contributed by atoms with Crippen LogP contribution in [0.5, 0.6) is 0 Å². The number of ether oxygens (including phenoxy) is 2. The largest absolute Gasteiger partial charge is 0.451 e. The van der Waals surface area contributed by atoms with Crippen LogP contribution in [0.15, 0.2) is 18.3 Å². The SMILES string of the molecule is CN[C@@H](CC1CC1)C(=O)O[C@H](Cc1ccc(N2CCOCC2)nc1)C(=O)N(C)C. The summed E-state index contributed by atoms with van der Waals surface area (Å²) < 4.78 is 11.0. The molecule has 1 aliphatic carbocycles. The lowest BCUT2D eigenvalue weighted by Crippen LogP contribution is -2.43. The molecule has 1 saturated carbocycles. The Morgan fingerprint density at radius 2 is 2.03 bits per heavy atom. The van der Waals surface area contributed by atoms with Crippen molar-refractivity contribution >= 4 is 17.7 Å². The molecule has 1 aromatic heterocycles. The number of hydrogen-bond donors (Lipinski definition) is 1. The number of morpholine rings is 1. The number of anilines is 1. The summed E-state index contributed by atoms with van der Waals surface area (Å²) in [5.41, 5.74) is 0.859. The van der Waals surface area contributed by atoms with Crippen molar-refractivity contribution in [3.63, 3.8) is 0 Å². The first kappa shape index (κ1) is 21.5. The van der Waals surface area contributed by atoms with Gasteiger partial charge in [-0.15, -0.1) is 0 Å². The van der Waals surface area contributed by atoms with Crippen LogP contribution < -0.4 is 10.2 Å². The summed E-state index contributed by atoms with van der Waals surface area (Å²) in [7, 11) is 5.09. The second-order valence-corrected chi connectivity index (χ2v) is 8.01. The highest BCUT2D eigenvalue weighted by molar-refractivity contribution is 5.85. The average molecular weight is 405 g/mol. The molecule has 1 aromatic rings. The minimum Gasteiger partial charge on any atom is -0.451 e. The summed E-state index contributed by atoms with van der Waals surface area (Å²) in [6.07, 6.45) is 4.28. The van der Waals surface area contributed by atoms with E-state index in [-0.39, 0.29) is 17.9 Å². The van der Waals surface area contributed by atoms with E-state index in [9.17, 15) is 9.59 Å². The predicted octanol–water partition coefficient (Wildman–Crippen LogP) is 0.849. The summed E-state index contributed by atoms with van der Waals surface area (Å²) >= 11 is 0. The summed E-state index contributed by atoms with van der Waals surface area (Å²) in [4.78, 5) is 33.4. The van der Waals surface area contributed by atoms with Crippen molar-refractivity contribution in [2.75, 3.05) is 52.3 Å². The van der Waals surface area contributed by atoms with Gasteiger partial charge in [0.15, 0.2) is 6.10 Å². The Balaban J connectivity index is 1.64. The van der Waals surface area contributed by atoms with Gasteiger partial charge in [-0.3, -0.25) is 9.59 Å². The fourth-order valence-electron chi connectivity index (χ4n) is 3.44. The number of likely N-dealkylation sites (N-methyl/N-ethyl adjacent to an activating group) is 2. The molecule has 160 valence electrons. The third kappa shape index (κ3) is 6.14. The zero-order valence-electron chi connectivity index (χ0n) is 17.6. The number of amides is 1. The smallest absolute Gasteiger partial charge is 0.323 e. The number of esters is 1. The molecule has 0 radical (unpaired) electrons. The Hall–Kier alpha value is -2.19. The molecule has 2 atom stereocenters. The number of aromatic nitrogens is 1. The number of carbonyl (C=O) groups excluding carboxylic acids is 2. The van der Waals surface area contributed by atoms with Crippen molar-refractivity contribution in [3.8, 4) is 0 Å². The van der Waals surface area contributed by atoms with Gasteiger partial charge in [0.1, 0.15) is 11.9 Å². The first-order valence-electron chi connectivity index (χ1n) is 10.3. The highest BCUT2D eigenvalue weighted by atomic mass is 16.5. The molecule has 0 spiro atoms. The van der Waals surface area contributed by atoms with E-state index < -0.39 is 6.10 Å². The van der Waals surface area contributed by atoms with Gasteiger partial charge in [-0.05, 0) is 31.0 Å². The predicted molar refractivity (Wildman–Crippen MR) is 110 cm³/mol. The number of pyridine rings is 1. The van der Waals surface area contributed by atoms with Gasteiger partial charge in [0, 0.05) is 39.8 Å². The van der Waals surface area contributed by atoms with E-state index in [1.165, 1.54) is 4.90 Å². The van der Waals surface area contributed by atoms with Crippen LogP contribution in [0.3, 0.4) is 0 Å². The van der Waals surface area contributed by atoms with Crippen LogP contribution in [0.2, 0.25) is 0 Å². The van der Waals surface area contributed by atoms with Gasteiger partial charge < -0.3 is 24.6 Å². The minimum atomic E-state index is -0.858. The third-order valence-corrected chi connectivity index (χ3v) is 5.44. The minimum absolute atomic E-state index is 0.225. The maximum absolute atomic E-state index is 12.6. The molecular formula is C21H32N4O4. The third-order valence-electron chi connectivity index (χ3n) is 5.44. The van der Waals surface area contributed by atoms with Crippen LogP contribution in [0.1, 0.15) is 24.8 Å². The first-order valence-corrected chi connectivity index (χ1v) is 10.3. The van der Waals surface area contributed by atoms with Crippen molar-refractivity contribution in [1.29, 1.82) is 0 Å². The molecule has 2 aliphatic rings. The Morgan fingerprint density at radius 3 is 2.59 bits per heavy atom. The molecule has 0 bridgehead atoms. The maximum Gasteiger partial charge on any atom is 0.323 e. The molecule has 2 heterocycles. The molecule has 1 amide bonds. The van der Waals surface area contributed by atoms with E-state index >= 15 is 0 Å². The van der Waals surface area contributed by atoms with Crippen molar-refractivity contribution in [2.24, 2.45) is 5.92 Å². The van der Waals surface area contributed by atoms with Crippen LogP contribution >= 0.6 is 0 Å². The molecule has 8 heteroatoms. The van der Waals surface area contributed by atoms with Gasteiger partial charge in [-0.25, -0.2) is 4.98 Å². The van der Waals surface area contributed by atoms with E-state index in [2.05, 4.69) is 15.2 Å². The Bertz CT molecular complexity index is 684. The lowest BCUT2D eigenvalue weighted by molar-refractivity contribution is -0.161. The monoisotopic (exact) mass is 404 g/mol. The molecule has 2 fully saturated rings. The summed E-state index contributed by atoms with van der Waals surface area (Å²) in [5, 5.41) is 3.03. The molecular weight excluding hydrogens is 372 g/mol. The number of nitrogens with zero attached hydrogens (tertiary/aromatic N) is 3. The van der Waals surface area contributed by atoms with Crippen molar-refractivity contribution in [2.45, 2.75) is 37.8 Å². The summed E-state index contributed by atoms with van der Waals surface area (Å²) in [5.74, 6) is 0.888. The first-order chi connectivity index (χ1) is 14.0. The van der Waals surface area contributed by atoms with Crippen LogP contribution in [0.25, 0.3) is 0 Å². The van der Waals surface area contributed by atoms with Crippen molar-refractivity contribution in [3.05, 3.63) is 23.9 Å². The van der Waals surface area contributed by atoms with Crippen molar-refractivity contribution in [1.82, 2.24) is 15.2 Å². The van der Waals surface area contributed by atoms with E-state index in [0.29, 0.717) is 25.6 Å². The zero-order valence-corrected chi connectivity index (χ0v) is 17.6. The van der Waals surface area contributed by atoms with E-state index in [4.69, 9.17) is 9.47 Å². The maximum atomic E-state index is 12.6. The fraction of sp³-hybridized carbons (Fsp3) is 0.667. The molecule has 1 N–H and O–H groups in total. The number of hydrogen-bond acceptors (Lipinski definition) is 7. The van der Waals surface area contributed by atoms with E-state index in [1.54, 1.807) is 27.3 Å². The molecule has 0 aromatic carbocycles. The van der Waals surface area contributed by atoms with Gasteiger partial charge in [0.2, 0.25) is 0 Å². The van der Waals surface area contributed by atoms with E-state index in [0.717, 1.165) is 43.7 Å².